The molecule has 2 atom stereocenters. The van der Waals surface area contributed by atoms with Gasteiger partial charge in [-0.25, -0.2) is 12.7 Å². The number of ether oxygens (including phenoxy) is 1. The van der Waals surface area contributed by atoms with Crippen LogP contribution in [-0.4, -0.2) is 68.0 Å². The molecule has 0 aromatic carbocycles. The van der Waals surface area contributed by atoms with E-state index in [0.717, 1.165) is 6.42 Å². The Bertz CT molecular complexity index is 998. The van der Waals surface area contributed by atoms with Crippen LogP contribution in [0.1, 0.15) is 59.3 Å². The van der Waals surface area contributed by atoms with Crippen molar-refractivity contribution in [2.45, 2.75) is 64.9 Å². The maximum Gasteiger partial charge on any atom is 0.307 e. The molecule has 2 aliphatic carbocycles. The first-order chi connectivity index (χ1) is 15.9. The molecule has 2 heterocycles. The highest BCUT2D eigenvalue weighted by atomic mass is 32.2. The summed E-state index contributed by atoms with van der Waals surface area (Å²) in [7, 11) is -3.62. The van der Waals surface area contributed by atoms with Gasteiger partial charge in [0.25, 0.3) is 5.91 Å². The maximum absolute atomic E-state index is 13.4. The van der Waals surface area contributed by atoms with Crippen LogP contribution in [0.5, 0.6) is 0 Å². The minimum atomic E-state index is -3.62. The van der Waals surface area contributed by atoms with Crippen molar-refractivity contribution in [3.8, 4) is 0 Å². The summed E-state index contributed by atoms with van der Waals surface area (Å²) < 4.78 is 33.0. The van der Waals surface area contributed by atoms with Crippen molar-refractivity contribution in [3.63, 3.8) is 0 Å². The molecule has 190 valence electrons. The van der Waals surface area contributed by atoms with Crippen LogP contribution in [0.3, 0.4) is 0 Å². The second-order valence-corrected chi connectivity index (χ2v) is 12.4. The first-order valence-corrected chi connectivity index (χ1v) is 13.7. The maximum atomic E-state index is 13.4. The molecule has 2 bridgehead atoms. The molecule has 1 spiro atoms. The molecule has 1 saturated heterocycles. The van der Waals surface area contributed by atoms with Crippen molar-refractivity contribution in [2.75, 3.05) is 32.0 Å². The average Bonchev–Trinajstić information content (AvgIpc) is 3.34. The topological polar surface area (TPSA) is 131 Å². The lowest BCUT2D eigenvalue weighted by molar-refractivity contribution is -0.143. The summed E-state index contributed by atoms with van der Waals surface area (Å²) in [5, 5.41) is 2.65. The highest BCUT2D eigenvalue weighted by molar-refractivity contribution is 7.89. The summed E-state index contributed by atoms with van der Waals surface area (Å²) in [6.45, 7) is 6.75. The molecule has 4 rings (SSSR count). The second kappa shape index (κ2) is 8.91. The molecule has 0 radical (unpaired) electrons. The number of Topliss-reactive ketones (excluding diaryl/α,β-unsaturated/α-hetero) is 1. The van der Waals surface area contributed by atoms with E-state index < -0.39 is 26.9 Å². The van der Waals surface area contributed by atoms with E-state index in [1.165, 1.54) is 4.31 Å². The number of rotatable bonds is 8. The minimum Gasteiger partial charge on any atom is -0.466 e. The van der Waals surface area contributed by atoms with Crippen LogP contribution < -0.4 is 10.8 Å². The van der Waals surface area contributed by atoms with E-state index in [4.69, 9.17) is 9.57 Å². The summed E-state index contributed by atoms with van der Waals surface area (Å²) in [5.41, 5.74) is 1.04. The molecule has 0 aromatic rings. The molecule has 2 unspecified atom stereocenters. The van der Waals surface area contributed by atoms with E-state index in [1.807, 2.05) is 13.8 Å². The van der Waals surface area contributed by atoms with Crippen LogP contribution in [0.15, 0.2) is 11.8 Å². The zero-order valence-electron chi connectivity index (χ0n) is 20.1. The Morgan fingerprint density at radius 3 is 2.56 bits per heavy atom. The fourth-order valence-corrected chi connectivity index (χ4v) is 8.32. The number of carbonyl (C=O) groups excluding carboxylic acids is 3. The molecular weight excluding hydrogens is 462 g/mol. The van der Waals surface area contributed by atoms with Crippen LogP contribution in [0.4, 0.5) is 0 Å². The van der Waals surface area contributed by atoms with E-state index in [1.54, 1.807) is 13.0 Å². The Kier molecular flexibility index (Phi) is 6.58. The molecule has 3 fully saturated rings. The smallest absolute Gasteiger partial charge is 0.307 e. The number of esters is 1. The minimum absolute atomic E-state index is 0.0766. The number of hydroxylamine groups is 1. The SMILES string of the molecule is CCOC(=O)CCNC(=O)C1=CC2(CCN(S(=O)(=O)CC34CCC(CC3=O)C4(C)C)CC2)ON1. The summed E-state index contributed by atoms with van der Waals surface area (Å²) in [4.78, 5) is 42.3. The van der Waals surface area contributed by atoms with Crippen LogP contribution in [-0.2, 0) is 34.0 Å². The summed E-state index contributed by atoms with van der Waals surface area (Å²) in [6.07, 6.45) is 4.60. The monoisotopic (exact) mass is 497 g/mol. The van der Waals surface area contributed by atoms with Crippen LogP contribution >= 0.6 is 0 Å². The van der Waals surface area contributed by atoms with Crippen molar-refractivity contribution in [1.82, 2.24) is 15.1 Å². The number of piperidine rings is 1. The van der Waals surface area contributed by atoms with E-state index in [0.29, 0.717) is 25.7 Å². The molecule has 34 heavy (non-hydrogen) atoms. The summed E-state index contributed by atoms with van der Waals surface area (Å²) in [5.74, 6) is -0.542. The number of hydrogen-bond donors (Lipinski definition) is 2. The van der Waals surface area contributed by atoms with Gasteiger partial charge in [-0.2, -0.15) is 0 Å². The van der Waals surface area contributed by atoms with Gasteiger partial charge in [-0.3, -0.25) is 24.7 Å². The van der Waals surface area contributed by atoms with Gasteiger partial charge in [0, 0.05) is 31.5 Å². The lowest BCUT2D eigenvalue weighted by Crippen LogP contribution is -2.51. The third kappa shape index (κ3) is 4.26. The number of ketones is 1. The predicted octanol–water partition coefficient (Wildman–Crippen LogP) is 1.03. The number of nitrogens with zero attached hydrogens (tertiary/aromatic N) is 1. The quantitative estimate of drug-likeness (QED) is 0.476. The van der Waals surface area contributed by atoms with E-state index >= 15 is 0 Å². The van der Waals surface area contributed by atoms with E-state index in [2.05, 4.69) is 10.8 Å². The third-order valence-electron chi connectivity index (χ3n) is 8.47. The van der Waals surface area contributed by atoms with Crippen molar-refractivity contribution in [2.24, 2.45) is 16.7 Å². The van der Waals surface area contributed by atoms with Gasteiger partial charge in [0.15, 0.2) is 0 Å². The Hall–Kier alpha value is -1.98. The van der Waals surface area contributed by atoms with Gasteiger partial charge in [0.1, 0.15) is 17.1 Å². The molecule has 4 aliphatic rings. The Morgan fingerprint density at radius 1 is 1.26 bits per heavy atom. The van der Waals surface area contributed by atoms with E-state index in [9.17, 15) is 22.8 Å². The van der Waals surface area contributed by atoms with Gasteiger partial charge in [0.05, 0.1) is 18.8 Å². The van der Waals surface area contributed by atoms with Gasteiger partial charge in [-0.1, -0.05) is 13.8 Å². The summed E-state index contributed by atoms with van der Waals surface area (Å²) in [6, 6.07) is 0. The van der Waals surface area contributed by atoms with Crippen molar-refractivity contribution >= 4 is 27.7 Å². The normalized spacial score (nSPS) is 29.7. The second-order valence-electron chi connectivity index (χ2n) is 10.5. The molecule has 0 aromatic heterocycles. The Balaban J connectivity index is 1.34. The molecule has 10 nitrogen and oxygen atoms in total. The van der Waals surface area contributed by atoms with Crippen molar-refractivity contribution in [1.29, 1.82) is 0 Å². The van der Waals surface area contributed by atoms with Gasteiger partial charge >= 0.3 is 5.97 Å². The molecule has 2 saturated carbocycles. The predicted molar refractivity (Wildman–Crippen MR) is 122 cm³/mol. The average molecular weight is 498 g/mol. The van der Waals surface area contributed by atoms with Crippen LogP contribution in [0.2, 0.25) is 0 Å². The van der Waals surface area contributed by atoms with Gasteiger partial charge in [0.2, 0.25) is 10.0 Å². The number of fused-ring (bicyclic) bond motifs is 2. The fraction of sp³-hybridized carbons (Fsp3) is 0.783. The van der Waals surface area contributed by atoms with E-state index in [-0.39, 0.29) is 67.2 Å². The zero-order valence-corrected chi connectivity index (χ0v) is 21.0. The number of amides is 1. The number of nitrogens with one attached hydrogen (secondary N) is 2. The lowest BCUT2D eigenvalue weighted by atomic mass is 9.70. The number of carbonyl (C=O) groups is 3. The standard InChI is InChI=1S/C23H35N3O7S/c1-4-32-19(28)6-10-24-20(29)17-14-22(33-25-17)8-11-26(12-9-22)34(30,31)15-23-7-5-16(13-18(23)27)21(23,2)3/h14,16,25H,4-13,15H2,1-3H3,(H,24,29). The first-order valence-electron chi connectivity index (χ1n) is 12.1. The molecule has 11 heteroatoms. The Morgan fingerprint density at radius 2 is 1.97 bits per heavy atom. The largest absolute Gasteiger partial charge is 0.466 e. The molecular formula is C23H35N3O7S. The van der Waals surface area contributed by atoms with Crippen LogP contribution in [0.25, 0.3) is 0 Å². The highest BCUT2D eigenvalue weighted by Crippen LogP contribution is 2.64. The first kappa shape index (κ1) is 25.1. The van der Waals surface area contributed by atoms with Crippen molar-refractivity contribution < 1.29 is 32.4 Å². The molecule has 2 N–H and O–H groups in total. The third-order valence-corrected chi connectivity index (χ3v) is 10.5. The number of sulfonamides is 1. The van der Waals surface area contributed by atoms with Gasteiger partial charge in [-0.05, 0) is 50.0 Å². The molecule has 2 aliphatic heterocycles. The zero-order chi connectivity index (χ0) is 24.8. The lowest BCUT2D eigenvalue weighted by Gasteiger charge is -2.40. The number of hydrogen-bond acceptors (Lipinski definition) is 8. The highest BCUT2D eigenvalue weighted by Gasteiger charge is 2.65. The van der Waals surface area contributed by atoms with Crippen molar-refractivity contribution in [3.05, 3.63) is 11.8 Å². The Labute approximate surface area is 200 Å². The van der Waals surface area contributed by atoms with Crippen LogP contribution in [0, 0.1) is 16.7 Å². The fourth-order valence-electron chi connectivity index (χ4n) is 6.10. The summed E-state index contributed by atoms with van der Waals surface area (Å²) >= 11 is 0. The molecule has 1 amide bonds. The van der Waals surface area contributed by atoms with Gasteiger partial charge < -0.3 is 10.1 Å². The van der Waals surface area contributed by atoms with Gasteiger partial charge in [-0.15, -0.1) is 0 Å².